The molecule has 0 aliphatic rings. The SMILES string of the molecule is C=CCN(Cc1ccccc1)c1c(/C=C/C(=O)OCC)c(=O)oc2ccccc12. The normalized spacial score (nSPS) is 10.9. The van der Waals surface area contributed by atoms with Gasteiger partial charge in [-0.05, 0) is 30.7 Å². The van der Waals surface area contributed by atoms with Gasteiger partial charge in [0.15, 0.2) is 0 Å². The lowest BCUT2D eigenvalue weighted by Gasteiger charge is -2.26. The van der Waals surface area contributed by atoms with Crippen LogP contribution in [-0.4, -0.2) is 19.1 Å². The first-order valence-electron chi connectivity index (χ1n) is 9.44. The van der Waals surface area contributed by atoms with Gasteiger partial charge in [0.1, 0.15) is 5.58 Å². The lowest BCUT2D eigenvalue weighted by atomic mass is 10.1. The zero-order valence-electron chi connectivity index (χ0n) is 16.3. The Morgan fingerprint density at radius 1 is 1.14 bits per heavy atom. The first kappa shape index (κ1) is 20.1. The summed E-state index contributed by atoms with van der Waals surface area (Å²) in [6.07, 6.45) is 4.50. The molecule has 0 bridgehead atoms. The van der Waals surface area contributed by atoms with Crippen LogP contribution in [0.3, 0.4) is 0 Å². The quantitative estimate of drug-likeness (QED) is 0.245. The summed E-state index contributed by atoms with van der Waals surface area (Å²) in [6, 6.07) is 17.3. The molecule has 1 aromatic heterocycles. The summed E-state index contributed by atoms with van der Waals surface area (Å²) < 4.78 is 10.4. The van der Waals surface area contributed by atoms with Gasteiger partial charge >= 0.3 is 11.6 Å². The van der Waals surface area contributed by atoms with Crippen LogP contribution in [0.5, 0.6) is 0 Å². The number of hydrogen-bond acceptors (Lipinski definition) is 5. The van der Waals surface area contributed by atoms with Crippen molar-refractivity contribution in [1.82, 2.24) is 0 Å². The number of rotatable bonds is 8. The Balaban J connectivity index is 2.18. The van der Waals surface area contributed by atoms with E-state index in [1.54, 1.807) is 19.1 Å². The van der Waals surface area contributed by atoms with Crippen LogP contribution in [0.1, 0.15) is 18.1 Å². The first-order valence-corrected chi connectivity index (χ1v) is 9.44. The summed E-state index contributed by atoms with van der Waals surface area (Å²) in [6.45, 7) is 6.94. The second-order valence-corrected chi connectivity index (χ2v) is 6.39. The van der Waals surface area contributed by atoms with Crippen LogP contribution in [0, 0.1) is 0 Å². The molecule has 5 nitrogen and oxygen atoms in total. The van der Waals surface area contributed by atoms with E-state index in [1.807, 2.05) is 53.4 Å². The van der Waals surface area contributed by atoms with E-state index in [2.05, 4.69) is 6.58 Å². The molecule has 0 saturated carbocycles. The lowest BCUT2D eigenvalue weighted by molar-refractivity contribution is -0.137. The van der Waals surface area contributed by atoms with E-state index in [9.17, 15) is 9.59 Å². The molecule has 0 unspecified atom stereocenters. The van der Waals surface area contributed by atoms with Crippen LogP contribution in [0.4, 0.5) is 5.69 Å². The van der Waals surface area contributed by atoms with Gasteiger partial charge in [-0.15, -0.1) is 6.58 Å². The minimum Gasteiger partial charge on any atom is -0.463 e. The van der Waals surface area contributed by atoms with Gasteiger partial charge in [0.25, 0.3) is 0 Å². The van der Waals surface area contributed by atoms with Crippen LogP contribution in [0.15, 0.2) is 82.5 Å². The maximum Gasteiger partial charge on any atom is 0.345 e. The number of hydrogen-bond donors (Lipinski definition) is 0. The van der Waals surface area contributed by atoms with Gasteiger partial charge in [-0.25, -0.2) is 9.59 Å². The molecule has 5 heteroatoms. The minimum atomic E-state index is -0.513. The third kappa shape index (κ3) is 4.82. The highest BCUT2D eigenvalue weighted by atomic mass is 16.5. The van der Waals surface area contributed by atoms with Crippen molar-refractivity contribution in [2.45, 2.75) is 13.5 Å². The van der Waals surface area contributed by atoms with E-state index < -0.39 is 11.6 Å². The van der Waals surface area contributed by atoms with E-state index in [4.69, 9.17) is 9.15 Å². The van der Waals surface area contributed by atoms with Gasteiger partial charge in [0, 0.05) is 24.6 Å². The van der Waals surface area contributed by atoms with E-state index in [0.29, 0.717) is 29.9 Å². The summed E-state index contributed by atoms with van der Waals surface area (Å²) in [5.74, 6) is -0.510. The molecule has 0 fully saturated rings. The molecule has 0 atom stereocenters. The van der Waals surface area contributed by atoms with Crippen molar-refractivity contribution in [3.63, 3.8) is 0 Å². The zero-order valence-corrected chi connectivity index (χ0v) is 16.3. The Morgan fingerprint density at radius 3 is 2.59 bits per heavy atom. The maximum atomic E-state index is 12.8. The molecule has 0 saturated heterocycles. The fourth-order valence-corrected chi connectivity index (χ4v) is 3.17. The Bertz CT molecular complexity index is 1080. The highest BCUT2D eigenvalue weighted by molar-refractivity contribution is 5.97. The van der Waals surface area contributed by atoms with Crippen LogP contribution < -0.4 is 10.5 Å². The van der Waals surface area contributed by atoms with Crippen LogP contribution in [0.2, 0.25) is 0 Å². The molecular weight excluding hydrogens is 366 g/mol. The topological polar surface area (TPSA) is 59.8 Å². The van der Waals surface area contributed by atoms with E-state index in [-0.39, 0.29) is 6.61 Å². The average molecular weight is 389 g/mol. The average Bonchev–Trinajstić information content (AvgIpc) is 2.72. The van der Waals surface area contributed by atoms with Crippen molar-refractivity contribution in [2.24, 2.45) is 0 Å². The predicted molar refractivity (Wildman–Crippen MR) is 116 cm³/mol. The van der Waals surface area contributed by atoms with Crippen molar-refractivity contribution in [3.05, 3.63) is 94.9 Å². The molecule has 0 aliphatic heterocycles. The molecular formula is C24H23NO4. The smallest absolute Gasteiger partial charge is 0.345 e. The molecule has 2 aromatic carbocycles. The molecule has 0 amide bonds. The standard InChI is InChI=1S/C24H23NO4/c1-3-16-25(17-18-10-6-5-7-11-18)23-19-12-8-9-13-21(19)29-24(27)20(23)14-15-22(26)28-4-2/h3,5-15H,1,4,16-17H2,2H3/b15-14+. The number of benzene rings is 2. The summed E-state index contributed by atoms with van der Waals surface area (Å²) >= 11 is 0. The van der Waals surface area contributed by atoms with Gasteiger partial charge in [-0.1, -0.05) is 48.5 Å². The Kier molecular flexibility index (Phi) is 6.63. The van der Waals surface area contributed by atoms with E-state index in [0.717, 1.165) is 10.9 Å². The van der Waals surface area contributed by atoms with Crippen LogP contribution in [-0.2, 0) is 16.1 Å². The number of anilines is 1. The number of esters is 1. The van der Waals surface area contributed by atoms with E-state index in [1.165, 1.54) is 12.2 Å². The highest BCUT2D eigenvalue weighted by Crippen LogP contribution is 2.31. The summed E-state index contributed by atoms with van der Waals surface area (Å²) in [5, 5.41) is 0.786. The Labute approximate surface area is 169 Å². The van der Waals surface area contributed by atoms with Gasteiger partial charge < -0.3 is 14.1 Å². The minimum absolute atomic E-state index is 0.263. The maximum absolute atomic E-state index is 12.8. The zero-order chi connectivity index (χ0) is 20.6. The van der Waals surface area contributed by atoms with Gasteiger partial charge in [0.2, 0.25) is 0 Å². The largest absolute Gasteiger partial charge is 0.463 e. The summed E-state index contributed by atoms with van der Waals surface area (Å²) in [4.78, 5) is 26.6. The Hall–Kier alpha value is -3.60. The van der Waals surface area contributed by atoms with Crippen molar-refractivity contribution in [2.75, 3.05) is 18.1 Å². The molecule has 148 valence electrons. The third-order valence-corrected chi connectivity index (χ3v) is 4.37. The molecule has 0 spiro atoms. The predicted octanol–water partition coefficient (Wildman–Crippen LogP) is 4.56. The third-order valence-electron chi connectivity index (χ3n) is 4.37. The van der Waals surface area contributed by atoms with Gasteiger partial charge in [-0.3, -0.25) is 0 Å². The molecule has 0 N–H and O–H groups in total. The van der Waals surface area contributed by atoms with Crippen molar-refractivity contribution >= 4 is 28.7 Å². The van der Waals surface area contributed by atoms with Gasteiger partial charge in [-0.2, -0.15) is 0 Å². The second-order valence-electron chi connectivity index (χ2n) is 6.39. The number of carbonyl (C=O) groups excluding carboxylic acids is 1. The van der Waals surface area contributed by atoms with Crippen molar-refractivity contribution in [1.29, 1.82) is 0 Å². The lowest BCUT2D eigenvalue weighted by Crippen LogP contribution is -2.26. The highest BCUT2D eigenvalue weighted by Gasteiger charge is 2.18. The van der Waals surface area contributed by atoms with Crippen LogP contribution >= 0.6 is 0 Å². The number of fused-ring (bicyclic) bond motifs is 1. The van der Waals surface area contributed by atoms with E-state index >= 15 is 0 Å². The number of ether oxygens (including phenoxy) is 1. The second kappa shape index (κ2) is 9.55. The fourth-order valence-electron chi connectivity index (χ4n) is 3.17. The summed E-state index contributed by atoms with van der Waals surface area (Å²) in [5.41, 5.74) is 2.06. The van der Waals surface area contributed by atoms with Crippen LogP contribution in [0.25, 0.3) is 17.0 Å². The number of nitrogens with zero attached hydrogens (tertiary/aromatic N) is 1. The van der Waals surface area contributed by atoms with Gasteiger partial charge in [0.05, 0.1) is 17.9 Å². The Morgan fingerprint density at radius 2 is 1.86 bits per heavy atom. The molecule has 0 aliphatic carbocycles. The number of carbonyl (C=O) groups is 1. The molecule has 1 heterocycles. The summed E-state index contributed by atoms with van der Waals surface area (Å²) in [7, 11) is 0. The number of para-hydroxylation sites is 1. The van der Waals surface area contributed by atoms with Crippen molar-refractivity contribution < 1.29 is 13.9 Å². The van der Waals surface area contributed by atoms with Crippen molar-refractivity contribution in [3.8, 4) is 0 Å². The molecule has 0 radical (unpaired) electrons. The molecule has 3 rings (SSSR count). The molecule has 3 aromatic rings. The fraction of sp³-hybridized carbons (Fsp3) is 0.167. The molecule has 29 heavy (non-hydrogen) atoms. The monoisotopic (exact) mass is 389 g/mol. The first-order chi connectivity index (χ1) is 14.1.